The molecule has 7 heteroatoms. The highest BCUT2D eigenvalue weighted by atomic mass is 16.4. The Hall–Kier alpha value is -2.44. The molecule has 2 aromatic rings. The zero-order valence-electron chi connectivity index (χ0n) is 12.9. The van der Waals surface area contributed by atoms with Crippen LogP contribution in [0.2, 0.25) is 0 Å². The monoisotopic (exact) mass is 302 g/mol. The lowest BCUT2D eigenvalue weighted by molar-refractivity contribution is -0.140. The first kappa shape index (κ1) is 14.5. The number of fused-ring (bicyclic) bond motifs is 1. The van der Waals surface area contributed by atoms with Gasteiger partial charge in [0.15, 0.2) is 11.5 Å². The number of nitrogens with one attached hydrogen (secondary N) is 2. The number of rotatable bonds is 3. The molecule has 0 bridgehead atoms. The second-order valence-corrected chi connectivity index (χ2v) is 6.48. The predicted molar refractivity (Wildman–Crippen MR) is 80.4 cm³/mol. The summed E-state index contributed by atoms with van der Waals surface area (Å²) in [4.78, 5) is 27.9. The van der Waals surface area contributed by atoms with Crippen LogP contribution < -0.4 is 5.32 Å². The molecule has 3 N–H and O–H groups in total. The number of hydrogen-bond acceptors (Lipinski definition) is 4. The van der Waals surface area contributed by atoms with Gasteiger partial charge in [-0.05, 0) is 30.9 Å². The van der Waals surface area contributed by atoms with Gasteiger partial charge in [-0.15, -0.1) is 0 Å². The van der Waals surface area contributed by atoms with Crippen LogP contribution in [-0.4, -0.2) is 32.2 Å². The molecule has 0 unspecified atom stereocenters. The summed E-state index contributed by atoms with van der Waals surface area (Å²) in [5, 5.41) is 19.6. The fourth-order valence-corrected chi connectivity index (χ4v) is 3.25. The van der Waals surface area contributed by atoms with E-state index in [0.29, 0.717) is 11.5 Å². The van der Waals surface area contributed by atoms with E-state index in [4.69, 9.17) is 5.11 Å². The van der Waals surface area contributed by atoms with Gasteiger partial charge < -0.3 is 10.4 Å². The first-order valence-electron chi connectivity index (χ1n) is 7.09. The van der Waals surface area contributed by atoms with Crippen LogP contribution in [0, 0.1) is 31.1 Å². The summed E-state index contributed by atoms with van der Waals surface area (Å²) in [6.45, 7) is 7.38. The van der Waals surface area contributed by atoms with E-state index in [9.17, 15) is 9.59 Å². The van der Waals surface area contributed by atoms with E-state index in [2.05, 4.69) is 20.5 Å². The van der Waals surface area contributed by atoms with Gasteiger partial charge in [0, 0.05) is 5.69 Å². The second-order valence-electron chi connectivity index (χ2n) is 6.48. The van der Waals surface area contributed by atoms with Crippen molar-refractivity contribution in [3.05, 3.63) is 17.3 Å². The van der Waals surface area contributed by atoms with E-state index in [0.717, 1.165) is 16.6 Å². The maximum absolute atomic E-state index is 12.4. The van der Waals surface area contributed by atoms with Crippen LogP contribution in [0.3, 0.4) is 0 Å². The van der Waals surface area contributed by atoms with Crippen molar-refractivity contribution < 1.29 is 14.7 Å². The lowest BCUT2D eigenvalue weighted by Crippen LogP contribution is -2.18. The third-order valence-corrected chi connectivity index (χ3v) is 4.47. The van der Waals surface area contributed by atoms with E-state index in [1.807, 2.05) is 19.9 Å². The summed E-state index contributed by atoms with van der Waals surface area (Å²) in [5.41, 5.74) is 1.89. The number of aliphatic carboxylic acids is 1. The molecule has 0 saturated heterocycles. The quantitative estimate of drug-likeness (QED) is 0.802. The van der Waals surface area contributed by atoms with Gasteiger partial charge in [-0.25, -0.2) is 4.98 Å². The molecular formula is C15H18N4O3. The Bertz CT molecular complexity index is 793. The van der Waals surface area contributed by atoms with E-state index < -0.39 is 23.2 Å². The summed E-state index contributed by atoms with van der Waals surface area (Å²) < 4.78 is 0. The molecule has 2 heterocycles. The van der Waals surface area contributed by atoms with Crippen molar-refractivity contribution in [2.24, 2.45) is 17.3 Å². The first-order valence-corrected chi connectivity index (χ1v) is 7.09. The van der Waals surface area contributed by atoms with Gasteiger partial charge in [0.25, 0.3) is 0 Å². The lowest BCUT2D eigenvalue weighted by atomic mass is 10.1. The number of carboxylic acids is 1. The van der Waals surface area contributed by atoms with Crippen LogP contribution in [-0.2, 0) is 9.59 Å². The van der Waals surface area contributed by atoms with E-state index >= 15 is 0 Å². The number of carbonyl (C=O) groups excluding carboxylic acids is 1. The molecule has 1 aliphatic rings. The van der Waals surface area contributed by atoms with Gasteiger partial charge in [-0.2, -0.15) is 5.10 Å². The van der Waals surface area contributed by atoms with Gasteiger partial charge in [-0.1, -0.05) is 13.8 Å². The summed E-state index contributed by atoms with van der Waals surface area (Å²) in [6, 6.07) is 1.91. The van der Waals surface area contributed by atoms with Crippen molar-refractivity contribution in [3.8, 4) is 0 Å². The Morgan fingerprint density at radius 3 is 2.59 bits per heavy atom. The number of pyridine rings is 1. The fraction of sp³-hybridized carbons (Fsp3) is 0.467. The number of carboxylic acid groups (broad SMARTS) is 1. The van der Waals surface area contributed by atoms with E-state index in [1.54, 1.807) is 13.8 Å². The topological polar surface area (TPSA) is 108 Å². The second kappa shape index (κ2) is 4.53. The number of hydrogen-bond donors (Lipinski definition) is 3. The van der Waals surface area contributed by atoms with Crippen molar-refractivity contribution in [1.29, 1.82) is 0 Å². The Balaban J connectivity index is 1.89. The van der Waals surface area contributed by atoms with Gasteiger partial charge >= 0.3 is 5.97 Å². The number of aromatic amines is 1. The number of aromatic nitrogens is 3. The molecule has 1 aliphatic carbocycles. The molecule has 0 aromatic carbocycles. The van der Waals surface area contributed by atoms with Crippen molar-refractivity contribution in [1.82, 2.24) is 15.2 Å². The minimum absolute atomic E-state index is 0.314. The first-order chi connectivity index (χ1) is 10.2. The lowest BCUT2D eigenvalue weighted by Gasteiger charge is -2.05. The van der Waals surface area contributed by atoms with Crippen molar-refractivity contribution in [2.75, 3.05) is 5.32 Å². The molecule has 1 fully saturated rings. The summed E-state index contributed by atoms with van der Waals surface area (Å²) in [6.07, 6.45) is 0. The van der Waals surface area contributed by atoms with Gasteiger partial charge in [-0.3, -0.25) is 14.7 Å². The zero-order chi connectivity index (χ0) is 16.2. The Morgan fingerprint density at radius 1 is 1.32 bits per heavy atom. The zero-order valence-corrected chi connectivity index (χ0v) is 12.9. The average molecular weight is 302 g/mol. The van der Waals surface area contributed by atoms with Crippen molar-refractivity contribution in [2.45, 2.75) is 27.7 Å². The molecule has 22 heavy (non-hydrogen) atoms. The van der Waals surface area contributed by atoms with E-state index in [-0.39, 0.29) is 5.91 Å². The Morgan fingerprint density at radius 2 is 2.00 bits per heavy atom. The average Bonchev–Trinajstić information content (AvgIpc) is 2.76. The number of H-pyrrole nitrogens is 1. The third-order valence-electron chi connectivity index (χ3n) is 4.47. The maximum atomic E-state index is 12.4. The van der Waals surface area contributed by atoms with Crippen LogP contribution in [0.15, 0.2) is 6.07 Å². The number of anilines is 1. The maximum Gasteiger partial charge on any atom is 0.307 e. The van der Waals surface area contributed by atoms with Gasteiger partial charge in [0.05, 0.1) is 17.2 Å². The minimum Gasteiger partial charge on any atom is -0.481 e. The summed E-state index contributed by atoms with van der Waals surface area (Å²) >= 11 is 0. The van der Waals surface area contributed by atoms with Crippen LogP contribution >= 0.6 is 0 Å². The summed E-state index contributed by atoms with van der Waals surface area (Å²) in [7, 11) is 0. The Labute approximate surface area is 127 Å². The third kappa shape index (κ3) is 2.04. The van der Waals surface area contributed by atoms with Crippen LogP contribution in [0.25, 0.3) is 11.0 Å². The molecule has 0 aliphatic heterocycles. The molecule has 0 spiro atoms. The number of carbonyl (C=O) groups is 2. The minimum atomic E-state index is -0.939. The molecule has 1 saturated carbocycles. The Kier molecular flexibility index (Phi) is 2.98. The smallest absolute Gasteiger partial charge is 0.307 e. The van der Waals surface area contributed by atoms with Gasteiger partial charge in [0.1, 0.15) is 0 Å². The molecule has 3 rings (SSSR count). The SMILES string of the molecule is Cc1cc(C)c2c(NC(=O)[C@@H]3[C@@H](C(=O)O)C3(C)C)n[nH]c2n1. The number of aryl methyl sites for hydroxylation is 2. The number of nitrogens with zero attached hydrogens (tertiary/aromatic N) is 2. The van der Waals surface area contributed by atoms with Crippen molar-refractivity contribution in [3.63, 3.8) is 0 Å². The fourth-order valence-electron chi connectivity index (χ4n) is 3.25. The predicted octanol–water partition coefficient (Wildman–Crippen LogP) is 1.87. The molecule has 2 atom stereocenters. The molecule has 2 aromatic heterocycles. The van der Waals surface area contributed by atoms with Crippen LogP contribution in [0.5, 0.6) is 0 Å². The number of amides is 1. The highest BCUT2D eigenvalue weighted by Gasteiger charge is 2.66. The van der Waals surface area contributed by atoms with E-state index in [1.165, 1.54) is 0 Å². The normalized spacial score (nSPS) is 22.5. The summed E-state index contributed by atoms with van der Waals surface area (Å²) in [5.74, 6) is -2.05. The standard InChI is InChI=1S/C15H18N4O3/c1-6-5-7(2)16-11-8(6)12(19-18-11)17-13(20)9-10(14(21)22)15(9,3)4/h5,9-10H,1-4H3,(H,21,22)(H2,16,17,18,19,20)/t9-,10-/m0/s1. The highest BCUT2D eigenvalue weighted by molar-refractivity contribution is 6.04. The van der Waals surface area contributed by atoms with Crippen LogP contribution in [0.1, 0.15) is 25.1 Å². The molecule has 1 amide bonds. The van der Waals surface area contributed by atoms with Gasteiger partial charge in [0.2, 0.25) is 5.91 Å². The molecule has 116 valence electrons. The molecular weight excluding hydrogens is 284 g/mol. The van der Waals surface area contributed by atoms with Crippen LogP contribution in [0.4, 0.5) is 5.82 Å². The van der Waals surface area contributed by atoms with Crippen molar-refractivity contribution >= 4 is 28.7 Å². The highest BCUT2D eigenvalue weighted by Crippen LogP contribution is 2.58. The largest absolute Gasteiger partial charge is 0.481 e. The molecule has 0 radical (unpaired) electrons. The molecule has 7 nitrogen and oxygen atoms in total.